The smallest absolute Gasteiger partial charge is 0.230 e. The molecule has 0 aliphatic carbocycles. The fraction of sp³-hybridized carbons (Fsp3) is 0.278. The van der Waals surface area contributed by atoms with Crippen LogP contribution in [-0.4, -0.2) is 32.4 Å². The first-order valence-electron chi connectivity index (χ1n) is 7.38. The highest BCUT2D eigenvalue weighted by molar-refractivity contribution is 8.00. The summed E-state index contributed by atoms with van der Waals surface area (Å²) in [6, 6.07) is 15.6. The normalized spacial score (nSPS) is 10.2. The molecular weight excluding hydrogens is 310 g/mol. The van der Waals surface area contributed by atoms with Crippen LogP contribution in [0.2, 0.25) is 0 Å². The van der Waals surface area contributed by atoms with E-state index in [-0.39, 0.29) is 5.91 Å². The molecule has 0 unspecified atom stereocenters. The summed E-state index contributed by atoms with van der Waals surface area (Å²) in [4.78, 5) is 12.9. The lowest BCUT2D eigenvalue weighted by Gasteiger charge is -2.07. The Hall–Kier alpha value is -2.14. The molecule has 0 fully saturated rings. The van der Waals surface area contributed by atoms with E-state index in [1.807, 2.05) is 48.5 Å². The third-order valence-electron chi connectivity index (χ3n) is 3.32. The minimum absolute atomic E-state index is 0.0410. The van der Waals surface area contributed by atoms with Gasteiger partial charge in [-0.25, -0.2) is 0 Å². The second kappa shape index (κ2) is 9.10. The summed E-state index contributed by atoms with van der Waals surface area (Å²) in [5.74, 6) is 2.11. The molecule has 2 rings (SSSR count). The highest BCUT2D eigenvalue weighted by Crippen LogP contribution is 2.20. The minimum atomic E-state index is 0.0410. The molecule has 5 heteroatoms. The number of hydrogen-bond donors (Lipinski definition) is 1. The first-order valence-corrected chi connectivity index (χ1v) is 8.36. The standard InChI is InChI=1S/C18H21NO3S/c1-21-15-5-3-14(4-6-15)11-12-19-18(20)13-23-17-9-7-16(22-2)8-10-17/h3-10H,11-13H2,1-2H3,(H,19,20). The van der Waals surface area contributed by atoms with Crippen LogP contribution in [-0.2, 0) is 11.2 Å². The molecular formula is C18H21NO3S. The van der Waals surface area contributed by atoms with Crippen molar-refractivity contribution in [1.82, 2.24) is 5.32 Å². The molecule has 0 saturated heterocycles. The zero-order valence-electron chi connectivity index (χ0n) is 13.4. The van der Waals surface area contributed by atoms with E-state index in [2.05, 4.69) is 5.32 Å². The first-order chi connectivity index (χ1) is 11.2. The van der Waals surface area contributed by atoms with Gasteiger partial charge in [0.1, 0.15) is 11.5 Å². The predicted octanol–water partition coefficient (Wildman–Crippen LogP) is 3.15. The van der Waals surface area contributed by atoms with Crippen molar-refractivity contribution >= 4 is 17.7 Å². The van der Waals surface area contributed by atoms with Gasteiger partial charge in [0.25, 0.3) is 0 Å². The summed E-state index contributed by atoms with van der Waals surface area (Å²) in [5, 5.41) is 2.94. The van der Waals surface area contributed by atoms with Gasteiger partial charge in [-0.3, -0.25) is 4.79 Å². The molecule has 0 radical (unpaired) electrons. The molecule has 23 heavy (non-hydrogen) atoms. The number of thioether (sulfide) groups is 1. The number of nitrogens with one attached hydrogen (secondary N) is 1. The number of rotatable bonds is 8. The molecule has 2 aromatic rings. The van der Waals surface area contributed by atoms with Crippen LogP contribution in [0.4, 0.5) is 0 Å². The van der Waals surface area contributed by atoms with Crippen LogP contribution >= 0.6 is 11.8 Å². The molecule has 0 aromatic heterocycles. The Morgan fingerprint density at radius 3 is 2.09 bits per heavy atom. The number of carbonyl (C=O) groups excluding carboxylic acids is 1. The topological polar surface area (TPSA) is 47.6 Å². The van der Waals surface area contributed by atoms with Gasteiger partial charge < -0.3 is 14.8 Å². The largest absolute Gasteiger partial charge is 0.497 e. The van der Waals surface area contributed by atoms with Gasteiger partial charge in [0.15, 0.2) is 0 Å². The molecule has 0 aliphatic rings. The summed E-state index contributed by atoms with van der Waals surface area (Å²) in [5.41, 5.74) is 1.17. The Morgan fingerprint density at radius 1 is 0.957 bits per heavy atom. The number of ether oxygens (including phenoxy) is 2. The third-order valence-corrected chi connectivity index (χ3v) is 4.34. The van der Waals surface area contributed by atoms with E-state index in [0.29, 0.717) is 12.3 Å². The van der Waals surface area contributed by atoms with Crippen LogP contribution < -0.4 is 14.8 Å². The van der Waals surface area contributed by atoms with E-state index in [9.17, 15) is 4.79 Å². The SMILES string of the molecule is COc1ccc(CCNC(=O)CSc2ccc(OC)cc2)cc1. The summed E-state index contributed by atoms with van der Waals surface area (Å²) >= 11 is 1.51. The van der Waals surface area contributed by atoms with Crippen molar-refractivity contribution in [2.45, 2.75) is 11.3 Å². The van der Waals surface area contributed by atoms with Gasteiger partial charge in [-0.2, -0.15) is 0 Å². The maximum absolute atomic E-state index is 11.9. The average Bonchev–Trinajstić information content (AvgIpc) is 2.61. The van der Waals surface area contributed by atoms with E-state index in [1.54, 1.807) is 14.2 Å². The Bertz CT molecular complexity index is 611. The van der Waals surface area contributed by atoms with Crippen LogP contribution in [0.25, 0.3) is 0 Å². The van der Waals surface area contributed by atoms with Crippen LogP contribution in [0.5, 0.6) is 11.5 Å². The van der Waals surface area contributed by atoms with E-state index < -0.39 is 0 Å². The highest BCUT2D eigenvalue weighted by atomic mass is 32.2. The van der Waals surface area contributed by atoms with E-state index in [4.69, 9.17) is 9.47 Å². The lowest BCUT2D eigenvalue weighted by Crippen LogP contribution is -2.27. The number of methoxy groups -OCH3 is 2. The number of amides is 1. The van der Waals surface area contributed by atoms with Gasteiger partial charge in [-0.05, 0) is 48.4 Å². The molecule has 122 valence electrons. The van der Waals surface area contributed by atoms with Gasteiger partial charge in [-0.15, -0.1) is 11.8 Å². The maximum atomic E-state index is 11.9. The second-order valence-electron chi connectivity index (χ2n) is 4.91. The molecule has 0 atom stereocenters. The second-order valence-corrected chi connectivity index (χ2v) is 5.96. The van der Waals surface area contributed by atoms with Crippen LogP contribution in [0.15, 0.2) is 53.4 Å². The van der Waals surface area contributed by atoms with Gasteiger partial charge in [0.2, 0.25) is 5.91 Å². The molecule has 1 N–H and O–H groups in total. The molecule has 0 heterocycles. The average molecular weight is 331 g/mol. The maximum Gasteiger partial charge on any atom is 0.230 e. The zero-order chi connectivity index (χ0) is 16.5. The number of hydrogen-bond acceptors (Lipinski definition) is 4. The zero-order valence-corrected chi connectivity index (χ0v) is 14.2. The van der Waals surface area contributed by atoms with Crippen molar-refractivity contribution in [3.63, 3.8) is 0 Å². The van der Waals surface area contributed by atoms with Crippen molar-refractivity contribution in [2.75, 3.05) is 26.5 Å². The van der Waals surface area contributed by atoms with Gasteiger partial charge in [-0.1, -0.05) is 12.1 Å². The Morgan fingerprint density at radius 2 is 1.52 bits per heavy atom. The lowest BCUT2D eigenvalue weighted by molar-refractivity contribution is -0.118. The van der Waals surface area contributed by atoms with Crippen molar-refractivity contribution in [3.8, 4) is 11.5 Å². The Labute approximate surface area is 141 Å². The summed E-state index contributed by atoms with van der Waals surface area (Å²) < 4.78 is 10.2. The van der Waals surface area contributed by atoms with Crippen molar-refractivity contribution in [1.29, 1.82) is 0 Å². The summed E-state index contributed by atoms with van der Waals surface area (Å²) in [6.07, 6.45) is 0.808. The van der Waals surface area contributed by atoms with Crippen LogP contribution in [0.1, 0.15) is 5.56 Å². The Kier molecular flexibility index (Phi) is 6.81. The quantitative estimate of drug-likeness (QED) is 0.755. The molecule has 1 amide bonds. The van der Waals surface area contributed by atoms with Crippen LogP contribution in [0.3, 0.4) is 0 Å². The monoisotopic (exact) mass is 331 g/mol. The lowest BCUT2D eigenvalue weighted by atomic mass is 10.1. The van der Waals surface area contributed by atoms with Crippen molar-refractivity contribution in [2.24, 2.45) is 0 Å². The molecule has 4 nitrogen and oxygen atoms in total. The number of carbonyl (C=O) groups is 1. The van der Waals surface area contributed by atoms with Crippen molar-refractivity contribution in [3.05, 3.63) is 54.1 Å². The van der Waals surface area contributed by atoms with Crippen molar-refractivity contribution < 1.29 is 14.3 Å². The van der Waals surface area contributed by atoms with Crippen LogP contribution in [0, 0.1) is 0 Å². The summed E-state index contributed by atoms with van der Waals surface area (Å²) in [7, 11) is 3.29. The fourth-order valence-electron chi connectivity index (χ4n) is 2.01. The Balaban J connectivity index is 1.67. The molecule has 0 aliphatic heterocycles. The fourth-order valence-corrected chi connectivity index (χ4v) is 2.74. The molecule has 0 saturated carbocycles. The molecule has 0 spiro atoms. The first kappa shape index (κ1) is 17.2. The highest BCUT2D eigenvalue weighted by Gasteiger charge is 2.03. The molecule has 2 aromatic carbocycles. The summed E-state index contributed by atoms with van der Waals surface area (Å²) in [6.45, 7) is 0.633. The minimum Gasteiger partial charge on any atom is -0.497 e. The van der Waals surface area contributed by atoms with E-state index in [1.165, 1.54) is 17.3 Å². The van der Waals surface area contributed by atoms with Gasteiger partial charge in [0, 0.05) is 11.4 Å². The van der Waals surface area contributed by atoms with E-state index in [0.717, 1.165) is 22.8 Å². The number of benzene rings is 2. The third kappa shape index (κ3) is 5.87. The van der Waals surface area contributed by atoms with Gasteiger partial charge in [0.05, 0.1) is 20.0 Å². The molecule has 0 bridgehead atoms. The van der Waals surface area contributed by atoms with Gasteiger partial charge >= 0.3 is 0 Å². The van der Waals surface area contributed by atoms with E-state index >= 15 is 0 Å². The predicted molar refractivity (Wildman–Crippen MR) is 93.4 cm³/mol.